The van der Waals surface area contributed by atoms with Crippen LogP contribution in [0.25, 0.3) is 5.73 Å². The minimum atomic E-state index is -1.98. The molecule has 0 bridgehead atoms. The van der Waals surface area contributed by atoms with E-state index in [0.717, 1.165) is 0 Å². The number of aliphatic hydroxyl groups is 13. The van der Waals surface area contributed by atoms with Crippen molar-refractivity contribution in [1.29, 1.82) is 0 Å². The van der Waals surface area contributed by atoms with E-state index in [1.165, 1.54) is 19.9 Å². The number of aliphatic hydroxyl groups excluding tert-OH is 13. The van der Waals surface area contributed by atoms with E-state index in [1.54, 1.807) is 0 Å². The monoisotopic (exact) mass is 4010 g/mol. The van der Waals surface area contributed by atoms with Crippen molar-refractivity contribution < 1.29 is 731 Å². The third-order valence-electron chi connectivity index (χ3n) is 10.6. The van der Waals surface area contributed by atoms with Crippen LogP contribution in [0.3, 0.4) is 0 Å². The van der Waals surface area contributed by atoms with E-state index in [9.17, 15) is 72.1 Å². The van der Waals surface area contributed by atoms with Gasteiger partial charge in [-0.2, -0.15) is 0 Å². The molecule has 24 nitrogen and oxygen atoms in total. The summed E-state index contributed by atoms with van der Waals surface area (Å²) in [4.78, 5) is 0. The Bertz CT molecular complexity index is 1310. The van der Waals surface area contributed by atoms with E-state index < -0.39 is 173 Å². The number of hydrogen-bond donors (Lipinski definition) is 13. The fourth-order valence-corrected chi connectivity index (χ4v) is 7.19. The van der Waals surface area contributed by atoms with Gasteiger partial charge in [0.15, 0.2) is 25.2 Å². The Morgan fingerprint density at radius 3 is 1.17 bits per heavy atom. The van der Waals surface area contributed by atoms with Crippen molar-refractivity contribution in [2.75, 3.05) is 26.4 Å². The Labute approximate surface area is 914 Å². The molecule has 5 rings (SSSR count). The molecule has 0 saturated carbocycles. The summed E-state index contributed by atoms with van der Waals surface area (Å²) in [7, 11) is 0. The number of rotatable bonds is 14. The second-order valence-electron chi connectivity index (χ2n) is 14.6. The Balaban J connectivity index is -0.000000332. The van der Waals surface area contributed by atoms with Gasteiger partial charge in [-0.05, 0) is 13.8 Å². The summed E-state index contributed by atoms with van der Waals surface area (Å²) in [5.41, 5.74) is 9.24. The third kappa shape index (κ3) is 32.0. The fraction of sp³-hybridized carbons (Fsp3) is 0.939. The molecule has 38 heteroatoms. The molecule has 5 aliphatic rings. The molecular formula is C33H56Ac14NO23-. The van der Waals surface area contributed by atoms with Gasteiger partial charge in [0.25, 0.3) is 0 Å². The molecule has 5 aliphatic heterocycles. The predicted octanol–water partition coefficient (Wildman–Crippen LogP) is -7.60. The van der Waals surface area contributed by atoms with Crippen LogP contribution in [0.4, 0.5) is 0 Å². The molecule has 71 heavy (non-hydrogen) atoms. The molecule has 10 unspecified atom stereocenters. The van der Waals surface area contributed by atoms with E-state index in [2.05, 4.69) is 6.58 Å². The quantitative estimate of drug-likeness (QED) is 0.0719. The normalized spacial score (nSPS) is 42.1. The molecule has 5 saturated heterocycles. The molecular weight excluding hydrogens is 3960 g/mol. The van der Waals surface area contributed by atoms with Crippen molar-refractivity contribution in [3.05, 3.63) is 18.4 Å². The maximum absolute atomic E-state index is 11.2. The average Bonchev–Trinajstić information content (AvgIpc) is 3.19. The summed E-state index contributed by atoms with van der Waals surface area (Å²) in [6.07, 6.45) is -39.4. The van der Waals surface area contributed by atoms with Gasteiger partial charge in [0.1, 0.15) is 104 Å². The predicted molar refractivity (Wildman–Crippen MR) is 180 cm³/mol. The summed E-state index contributed by atoms with van der Waals surface area (Å²) >= 11 is 0. The molecule has 25 atom stereocenters. The van der Waals surface area contributed by atoms with Gasteiger partial charge in [-0.25, -0.2) is 0 Å². The molecule has 0 aromatic rings. The minimum Gasteiger partial charge on any atom is -0.668 e. The summed E-state index contributed by atoms with van der Waals surface area (Å²) in [6, 6.07) is -1.87. The van der Waals surface area contributed by atoms with Crippen LogP contribution in [0.5, 0.6) is 0 Å². The molecule has 0 aromatic heterocycles. The second-order valence-corrected chi connectivity index (χ2v) is 14.6. The maximum Gasteiger partial charge on any atom is 0.187 e. The zero-order chi connectivity index (χ0) is 42.0. The second kappa shape index (κ2) is 58.0. The van der Waals surface area contributed by atoms with Crippen molar-refractivity contribution in [1.82, 2.24) is 0 Å². The zero-order valence-electron chi connectivity index (χ0n) is 39.0. The first-order valence-electron chi connectivity index (χ1n) is 18.4. The SMILES string of the molecule is C=CCO[C@@H]1OC(CO)[C@H](O)[C@H](O[C@@H]2OC(CO)[C@H](O[C@@H]3OC(CO)[C@H](O)[C@H](O)C3O[C@@H]3OC(C)[C@H](O)C(O)[C@@H]3O)[C@H](O[C@H]3OC(C)[C@@H](O)[C@@H](O)C3O)C2[NH-])C1O.[Ac].[Ac].[Ac].[Ac].[Ac].[Ac].[Ac].[Ac].[Ac].[Ac].[Ac].[Ac].[Ac].[Ac]. The molecule has 0 aromatic carbocycles. The van der Waals surface area contributed by atoms with Crippen molar-refractivity contribution in [2.45, 2.75) is 167 Å². The van der Waals surface area contributed by atoms with Crippen LogP contribution in [0, 0.1) is 617 Å². The fourth-order valence-electron chi connectivity index (χ4n) is 7.19. The molecule has 0 aliphatic carbocycles. The Morgan fingerprint density at radius 2 is 0.746 bits per heavy atom. The van der Waals surface area contributed by atoms with E-state index in [-0.39, 0.29) is 623 Å². The Hall–Kier alpha value is 19.0. The third-order valence-corrected chi connectivity index (χ3v) is 10.6. The van der Waals surface area contributed by atoms with E-state index in [4.69, 9.17) is 47.4 Å². The van der Waals surface area contributed by atoms with Gasteiger partial charge in [0.2, 0.25) is 0 Å². The Morgan fingerprint density at radius 1 is 0.380 bits per heavy atom. The summed E-state index contributed by atoms with van der Waals surface area (Å²) in [5, 5.41) is 137. The molecule has 5 heterocycles. The van der Waals surface area contributed by atoms with Crippen LogP contribution in [0.15, 0.2) is 12.7 Å². The van der Waals surface area contributed by atoms with Gasteiger partial charge in [-0.1, -0.05) is 12.1 Å². The van der Waals surface area contributed by atoms with E-state index in [1.807, 2.05) is 0 Å². The molecule has 14 radical (unpaired) electrons. The Kier molecular flexibility index (Phi) is 90.9. The topological polar surface area (TPSA) is 379 Å². The maximum atomic E-state index is 11.2. The number of hydrogen-bond acceptors (Lipinski definition) is 23. The van der Waals surface area contributed by atoms with Crippen molar-refractivity contribution in [3.63, 3.8) is 0 Å². The number of nitrogens with one attached hydrogen (secondary N) is 1. The molecule has 0 spiro atoms. The van der Waals surface area contributed by atoms with Crippen LogP contribution in [0.2, 0.25) is 0 Å². The standard InChI is InChI=1S/C33H56NO23.14Ac/c1-4-5-48-30-24(47)27(18(41)12(7-36)51-30)56-29-14(34)26(55-31-22(45)19(42)15(38)9(2)49-31)25(13(8-37)53-29)54-33-28(21(44)17(40)11(6-35)52-33)57-32-23(46)20(43)16(39)10(3)50-32;;;;;;;;;;;;;;/h4,9-47H,1,5-8H2,2-3H3;;;;;;;;;;;;;;/q-1;;;;;;;;;;;;;;/t9?,10?,11?,12?,13?,14?,15-,16+,17+,18+,19-,20?,21+,22?,23+,24?,25+,26-,27+,28?,29+,30-,31-,32+,33+;;;;;;;;;;;;;;/m1............../s1. The smallest absolute Gasteiger partial charge is 0.187 e. The first-order valence-corrected chi connectivity index (χ1v) is 18.4. The number of ether oxygens (including phenoxy) is 10. The van der Waals surface area contributed by atoms with Crippen LogP contribution >= 0.6 is 0 Å². The summed E-state index contributed by atoms with van der Waals surface area (Å²) < 4.78 is 57.5. The van der Waals surface area contributed by atoms with Crippen molar-refractivity contribution >= 4 is 0 Å². The van der Waals surface area contributed by atoms with Gasteiger partial charge in [-0.15, -0.1) is 6.58 Å². The molecule has 14 N–H and O–H groups in total. The largest absolute Gasteiger partial charge is 0.668 e. The first-order chi connectivity index (χ1) is 27.0. The van der Waals surface area contributed by atoms with Crippen molar-refractivity contribution in [2.24, 2.45) is 0 Å². The minimum absolute atomic E-state index is 0. The van der Waals surface area contributed by atoms with E-state index >= 15 is 0 Å². The summed E-state index contributed by atoms with van der Waals surface area (Å²) in [5.74, 6) is 0. The van der Waals surface area contributed by atoms with Crippen LogP contribution in [0.1, 0.15) is 13.8 Å². The average molecular weight is 4010 g/mol. The van der Waals surface area contributed by atoms with E-state index in [0.29, 0.717) is 0 Å². The van der Waals surface area contributed by atoms with Crippen LogP contribution < -0.4 is 0 Å². The van der Waals surface area contributed by atoms with Gasteiger partial charge in [-0.3, -0.25) is 0 Å². The molecule has 0 amide bonds. The van der Waals surface area contributed by atoms with Crippen LogP contribution in [-0.2, 0) is 47.4 Å². The van der Waals surface area contributed by atoms with Crippen LogP contribution in [-0.4, -0.2) is 246 Å². The molecule has 374 valence electrons. The van der Waals surface area contributed by atoms with Gasteiger partial charge in [0, 0.05) is 617 Å². The summed E-state index contributed by atoms with van der Waals surface area (Å²) in [6.45, 7) is 3.47. The molecule has 5 fully saturated rings. The van der Waals surface area contributed by atoms with Gasteiger partial charge in [0.05, 0.1) is 44.7 Å². The van der Waals surface area contributed by atoms with Gasteiger partial charge < -0.3 is 119 Å². The first kappa shape index (κ1) is 111. The zero-order valence-corrected chi connectivity index (χ0v) is 105. The van der Waals surface area contributed by atoms with Gasteiger partial charge >= 0.3 is 0 Å². The van der Waals surface area contributed by atoms with Crippen molar-refractivity contribution in [3.8, 4) is 0 Å².